The maximum absolute atomic E-state index is 12.2. The summed E-state index contributed by atoms with van der Waals surface area (Å²) in [5.74, 6) is 1.20. The average molecular weight is 548 g/mol. The molecule has 3 rings (SSSR count). The van der Waals surface area contributed by atoms with Crippen molar-refractivity contribution in [3.05, 3.63) is 85.8 Å². The van der Waals surface area contributed by atoms with Gasteiger partial charge in [-0.15, -0.1) is 0 Å². The zero-order valence-corrected chi connectivity index (χ0v) is 20.5. The Morgan fingerprint density at radius 2 is 1.68 bits per heavy atom. The number of benzene rings is 3. The van der Waals surface area contributed by atoms with E-state index in [1.165, 1.54) is 0 Å². The molecule has 0 amide bonds. The van der Waals surface area contributed by atoms with Gasteiger partial charge in [0.25, 0.3) is 0 Å². The fourth-order valence-corrected chi connectivity index (χ4v) is 4.75. The standard InChI is InChI=1S/C25H24Br2O4/c1-15(2)21-10-17(6-7-25(21)30)11-22-23(26)12-20(13-24(22)27)31-14-19(29)9-16-4-3-5-18(28)8-16/h3-8,10,12-13,15,28,30H,9,11,14H2,1-2H3. The Labute approximate surface area is 199 Å². The van der Waals surface area contributed by atoms with Gasteiger partial charge in [-0.1, -0.05) is 70.0 Å². The summed E-state index contributed by atoms with van der Waals surface area (Å²) in [6.45, 7) is 4.06. The predicted octanol–water partition coefficient (Wildman–Crippen LogP) is 6.53. The van der Waals surface area contributed by atoms with Gasteiger partial charge in [-0.2, -0.15) is 0 Å². The lowest BCUT2D eigenvalue weighted by atomic mass is 9.96. The number of hydrogen-bond donors (Lipinski definition) is 2. The summed E-state index contributed by atoms with van der Waals surface area (Å²) < 4.78 is 7.44. The number of ketones is 1. The fourth-order valence-electron chi connectivity index (χ4n) is 3.32. The van der Waals surface area contributed by atoms with Crippen LogP contribution in [0, 0.1) is 0 Å². The lowest BCUT2D eigenvalue weighted by molar-refractivity contribution is -0.120. The van der Waals surface area contributed by atoms with E-state index in [2.05, 4.69) is 45.7 Å². The van der Waals surface area contributed by atoms with Gasteiger partial charge in [0.05, 0.1) is 0 Å². The highest BCUT2D eigenvalue weighted by atomic mass is 79.9. The predicted molar refractivity (Wildman–Crippen MR) is 129 cm³/mol. The number of hydrogen-bond acceptors (Lipinski definition) is 4. The molecule has 0 spiro atoms. The largest absolute Gasteiger partial charge is 0.508 e. The second-order valence-corrected chi connectivity index (χ2v) is 9.47. The summed E-state index contributed by atoms with van der Waals surface area (Å²) >= 11 is 7.23. The minimum atomic E-state index is -0.0766. The van der Waals surface area contributed by atoms with Gasteiger partial charge < -0.3 is 14.9 Å². The lowest BCUT2D eigenvalue weighted by Crippen LogP contribution is -2.14. The normalized spacial score (nSPS) is 11.0. The van der Waals surface area contributed by atoms with Crippen LogP contribution in [-0.4, -0.2) is 22.6 Å². The number of phenols is 2. The molecule has 4 nitrogen and oxygen atoms in total. The first kappa shape index (κ1) is 23.4. The van der Waals surface area contributed by atoms with Crippen molar-refractivity contribution in [1.29, 1.82) is 0 Å². The Bertz CT molecular complexity index is 1070. The number of phenolic OH excluding ortho intramolecular Hbond substituents is 2. The molecule has 3 aromatic rings. The van der Waals surface area contributed by atoms with Crippen LogP contribution in [0.25, 0.3) is 0 Å². The number of ether oxygens (including phenoxy) is 1. The van der Waals surface area contributed by atoms with Crippen molar-refractivity contribution in [3.8, 4) is 17.2 Å². The molecule has 0 bridgehead atoms. The number of Topliss-reactive ketones (excluding diaryl/α,β-unsaturated/α-hetero) is 1. The Hall–Kier alpha value is -2.31. The van der Waals surface area contributed by atoms with Crippen LogP contribution < -0.4 is 4.74 Å². The van der Waals surface area contributed by atoms with E-state index in [1.54, 1.807) is 30.3 Å². The molecule has 0 fully saturated rings. The molecule has 2 N–H and O–H groups in total. The van der Waals surface area contributed by atoms with Crippen LogP contribution in [-0.2, 0) is 17.6 Å². The van der Waals surface area contributed by atoms with E-state index in [0.717, 1.165) is 31.2 Å². The van der Waals surface area contributed by atoms with Crippen molar-refractivity contribution in [3.63, 3.8) is 0 Å². The number of carbonyl (C=O) groups is 1. The smallest absolute Gasteiger partial charge is 0.174 e. The Balaban J connectivity index is 1.67. The molecule has 0 saturated heterocycles. The number of halogens is 2. The molecule has 0 aromatic heterocycles. The van der Waals surface area contributed by atoms with Crippen LogP contribution in [0.4, 0.5) is 0 Å². The van der Waals surface area contributed by atoms with Gasteiger partial charge in [0, 0.05) is 15.4 Å². The van der Waals surface area contributed by atoms with Crippen LogP contribution in [0.1, 0.15) is 42.0 Å². The van der Waals surface area contributed by atoms with Gasteiger partial charge in [-0.05, 0) is 64.9 Å². The van der Waals surface area contributed by atoms with Gasteiger partial charge in [-0.3, -0.25) is 4.79 Å². The number of carbonyl (C=O) groups excluding carboxylic acids is 1. The Morgan fingerprint density at radius 1 is 0.968 bits per heavy atom. The minimum absolute atomic E-state index is 0.0520. The minimum Gasteiger partial charge on any atom is -0.508 e. The van der Waals surface area contributed by atoms with Crippen LogP contribution in [0.2, 0.25) is 0 Å². The summed E-state index contributed by atoms with van der Waals surface area (Å²) in [5.41, 5.74) is 3.83. The van der Waals surface area contributed by atoms with E-state index < -0.39 is 0 Å². The molecular weight excluding hydrogens is 524 g/mol. The third kappa shape index (κ3) is 6.34. The van der Waals surface area contributed by atoms with Gasteiger partial charge >= 0.3 is 0 Å². The SMILES string of the molecule is CC(C)c1cc(Cc2c(Br)cc(OCC(=O)Cc3cccc(O)c3)cc2Br)ccc1O. The van der Waals surface area contributed by atoms with E-state index in [0.29, 0.717) is 17.9 Å². The van der Waals surface area contributed by atoms with E-state index >= 15 is 0 Å². The van der Waals surface area contributed by atoms with Gasteiger partial charge in [-0.25, -0.2) is 0 Å². The Kier molecular flexibility index (Phi) is 7.79. The third-order valence-electron chi connectivity index (χ3n) is 4.92. The lowest BCUT2D eigenvalue weighted by Gasteiger charge is -2.14. The highest BCUT2D eigenvalue weighted by molar-refractivity contribution is 9.11. The monoisotopic (exact) mass is 546 g/mol. The van der Waals surface area contributed by atoms with Gasteiger partial charge in [0.1, 0.15) is 23.9 Å². The molecule has 0 radical (unpaired) electrons. The van der Waals surface area contributed by atoms with E-state index in [9.17, 15) is 15.0 Å². The maximum atomic E-state index is 12.2. The van der Waals surface area contributed by atoms with E-state index in [4.69, 9.17) is 4.74 Å². The molecule has 0 unspecified atom stereocenters. The van der Waals surface area contributed by atoms with Crippen molar-refractivity contribution < 1.29 is 19.7 Å². The van der Waals surface area contributed by atoms with Crippen molar-refractivity contribution in [1.82, 2.24) is 0 Å². The highest BCUT2D eigenvalue weighted by Crippen LogP contribution is 2.34. The van der Waals surface area contributed by atoms with Gasteiger partial charge in [0.15, 0.2) is 5.78 Å². The van der Waals surface area contributed by atoms with Crippen LogP contribution in [0.5, 0.6) is 17.2 Å². The topological polar surface area (TPSA) is 66.8 Å². The molecule has 3 aromatic carbocycles. The molecule has 0 aliphatic heterocycles. The summed E-state index contributed by atoms with van der Waals surface area (Å²) in [4.78, 5) is 12.2. The average Bonchev–Trinajstić information content (AvgIpc) is 2.70. The van der Waals surface area contributed by atoms with E-state index in [1.807, 2.05) is 24.3 Å². The first-order chi connectivity index (χ1) is 14.7. The second-order valence-electron chi connectivity index (χ2n) is 7.76. The van der Waals surface area contributed by atoms with Crippen molar-refractivity contribution in [2.75, 3.05) is 6.61 Å². The zero-order valence-electron chi connectivity index (χ0n) is 17.4. The van der Waals surface area contributed by atoms with Crippen molar-refractivity contribution in [2.45, 2.75) is 32.6 Å². The van der Waals surface area contributed by atoms with Gasteiger partial charge in [0.2, 0.25) is 0 Å². The molecule has 31 heavy (non-hydrogen) atoms. The molecule has 0 atom stereocenters. The molecule has 0 aliphatic rings. The molecule has 6 heteroatoms. The summed E-state index contributed by atoms with van der Waals surface area (Å²) in [5, 5.41) is 19.6. The Morgan fingerprint density at radius 3 is 2.32 bits per heavy atom. The van der Waals surface area contributed by atoms with Crippen LogP contribution in [0.3, 0.4) is 0 Å². The second kappa shape index (κ2) is 10.3. The van der Waals surface area contributed by atoms with Crippen LogP contribution >= 0.6 is 31.9 Å². The summed E-state index contributed by atoms with van der Waals surface area (Å²) in [6.07, 6.45) is 0.881. The zero-order chi connectivity index (χ0) is 22.5. The number of rotatable bonds is 8. The van der Waals surface area contributed by atoms with Crippen molar-refractivity contribution >= 4 is 37.6 Å². The molecular formula is C25H24Br2O4. The van der Waals surface area contributed by atoms with E-state index in [-0.39, 0.29) is 30.5 Å². The maximum Gasteiger partial charge on any atom is 0.174 e. The fraction of sp³-hybridized carbons (Fsp3) is 0.240. The first-order valence-electron chi connectivity index (χ1n) is 9.95. The molecule has 0 heterocycles. The summed E-state index contributed by atoms with van der Waals surface area (Å²) in [6, 6.07) is 16.1. The molecule has 0 saturated carbocycles. The first-order valence-corrected chi connectivity index (χ1v) is 11.5. The number of aromatic hydroxyl groups is 2. The van der Waals surface area contributed by atoms with Crippen LogP contribution in [0.15, 0.2) is 63.5 Å². The summed E-state index contributed by atoms with van der Waals surface area (Å²) in [7, 11) is 0. The van der Waals surface area contributed by atoms with Crippen molar-refractivity contribution in [2.24, 2.45) is 0 Å². The molecule has 162 valence electrons. The highest BCUT2D eigenvalue weighted by Gasteiger charge is 2.13. The molecule has 0 aliphatic carbocycles. The third-order valence-corrected chi connectivity index (χ3v) is 6.34. The quantitative estimate of drug-likeness (QED) is 0.336.